The second kappa shape index (κ2) is 6.11. The molecule has 2 aliphatic heterocycles. The molecule has 0 bridgehead atoms. The predicted molar refractivity (Wildman–Crippen MR) is 89.9 cm³/mol. The lowest BCUT2D eigenvalue weighted by atomic mass is 9.83. The molecule has 0 N–H and O–H groups in total. The number of carbonyl (C=O) groups is 1. The number of carbonyl (C=O) groups excluding carboxylic acids is 1. The first kappa shape index (κ1) is 16.0. The number of pyridine rings is 1. The Morgan fingerprint density at radius 3 is 2.62 bits per heavy atom. The van der Waals surface area contributed by atoms with Crippen LogP contribution in [0.4, 0.5) is 0 Å². The van der Waals surface area contributed by atoms with Gasteiger partial charge in [0.1, 0.15) is 0 Å². The molecular weight excluding hydrogens is 326 g/mol. The van der Waals surface area contributed by atoms with Crippen molar-refractivity contribution in [1.82, 2.24) is 14.8 Å². The van der Waals surface area contributed by atoms with Crippen LogP contribution < -0.4 is 0 Å². The van der Waals surface area contributed by atoms with E-state index in [1.54, 1.807) is 6.20 Å². The summed E-state index contributed by atoms with van der Waals surface area (Å²) in [5.74, 6) is 0.551. The maximum absolute atomic E-state index is 12.7. The number of sulfone groups is 1. The Labute approximate surface area is 142 Å². The van der Waals surface area contributed by atoms with Crippen LogP contribution in [0.25, 0.3) is 0 Å². The van der Waals surface area contributed by atoms with Crippen molar-refractivity contribution in [2.45, 2.75) is 37.9 Å². The molecule has 2 atom stereocenters. The lowest BCUT2D eigenvalue weighted by molar-refractivity contribution is -0.144. The van der Waals surface area contributed by atoms with Gasteiger partial charge < -0.3 is 4.90 Å². The molecule has 0 radical (unpaired) electrons. The maximum Gasteiger partial charge on any atom is 0.226 e. The van der Waals surface area contributed by atoms with Gasteiger partial charge >= 0.3 is 0 Å². The summed E-state index contributed by atoms with van der Waals surface area (Å²) in [4.78, 5) is 21.1. The van der Waals surface area contributed by atoms with Gasteiger partial charge in [-0.25, -0.2) is 8.42 Å². The van der Waals surface area contributed by atoms with Crippen molar-refractivity contribution >= 4 is 15.7 Å². The normalized spacial score (nSPS) is 29.9. The highest BCUT2D eigenvalue weighted by Crippen LogP contribution is 2.33. The van der Waals surface area contributed by atoms with Crippen LogP contribution in [0.5, 0.6) is 0 Å². The van der Waals surface area contributed by atoms with Crippen molar-refractivity contribution in [3.8, 4) is 0 Å². The first-order valence-corrected chi connectivity index (χ1v) is 10.5. The molecule has 6 nitrogen and oxygen atoms in total. The summed E-state index contributed by atoms with van der Waals surface area (Å²) in [7, 11) is -3.09. The minimum Gasteiger partial charge on any atom is -0.336 e. The number of piperazine rings is 1. The summed E-state index contributed by atoms with van der Waals surface area (Å²) in [5, 5.41) is 0. The molecular formula is C17H23N3O3S. The molecule has 0 spiro atoms. The zero-order chi connectivity index (χ0) is 16.7. The molecule has 1 aromatic heterocycles. The second-order valence-electron chi connectivity index (χ2n) is 7.16. The molecule has 0 aromatic carbocycles. The van der Waals surface area contributed by atoms with Crippen molar-refractivity contribution in [1.29, 1.82) is 0 Å². The van der Waals surface area contributed by atoms with Gasteiger partial charge in [0.05, 0.1) is 23.2 Å². The minimum atomic E-state index is -3.09. The van der Waals surface area contributed by atoms with E-state index < -0.39 is 9.84 Å². The zero-order valence-electron chi connectivity index (χ0n) is 13.7. The number of nitrogens with zero attached hydrogens (tertiary/aromatic N) is 3. The van der Waals surface area contributed by atoms with Gasteiger partial charge in [0.15, 0.2) is 9.84 Å². The predicted octanol–water partition coefficient (Wildman–Crippen LogP) is 0.692. The van der Waals surface area contributed by atoms with E-state index >= 15 is 0 Å². The van der Waals surface area contributed by atoms with Crippen molar-refractivity contribution < 1.29 is 13.2 Å². The van der Waals surface area contributed by atoms with Crippen LogP contribution in [-0.4, -0.2) is 65.8 Å². The van der Waals surface area contributed by atoms with E-state index in [0.29, 0.717) is 19.6 Å². The number of amides is 1. The fourth-order valence-electron chi connectivity index (χ4n) is 4.08. The molecule has 0 unspecified atom stereocenters. The van der Waals surface area contributed by atoms with E-state index in [9.17, 15) is 13.2 Å². The number of hydrogen-bond donors (Lipinski definition) is 0. The number of fused-ring (bicyclic) bond motifs is 1. The molecule has 1 aliphatic carbocycles. The van der Waals surface area contributed by atoms with Crippen molar-refractivity contribution in [3.05, 3.63) is 30.1 Å². The fraction of sp³-hybridized carbons (Fsp3) is 0.647. The van der Waals surface area contributed by atoms with Crippen LogP contribution in [0, 0.1) is 5.92 Å². The van der Waals surface area contributed by atoms with E-state index in [2.05, 4.69) is 9.88 Å². The molecule has 1 saturated carbocycles. The van der Waals surface area contributed by atoms with E-state index in [-0.39, 0.29) is 35.4 Å². The van der Waals surface area contributed by atoms with Crippen LogP contribution in [0.15, 0.2) is 24.4 Å². The Bertz CT molecular complexity index is 718. The third kappa shape index (κ3) is 2.95. The summed E-state index contributed by atoms with van der Waals surface area (Å²) < 4.78 is 24.5. The van der Waals surface area contributed by atoms with Crippen LogP contribution in [0.2, 0.25) is 0 Å². The summed E-state index contributed by atoms with van der Waals surface area (Å²) in [6, 6.07) is 5.49. The Morgan fingerprint density at radius 1 is 1.17 bits per heavy atom. The second-order valence-corrected chi connectivity index (χ2v) is 9.32. The van der Waals surface area contributed by atoms with Gasteiger partial charge in [0.25, 0.3) is 0 Å². The first-order valence-electron chi connectivity index (χ1n) is 8.68. The monoisotopic (exact) mass is 349 g/mol. The van der Waals surface area contributed by atoms with Crippen molar-refractivity contribution in [2.24, 2.45) is 5.92 Å². The molecule has 24 heavy (non-hydrogen) atoms. The molecule has 4 rings (SSSR count). The maximum atomic E-state index is 12.7. The first-order chi connectivity index (χ1) is 11.5. The number of hydrogen-bond acceptors (Lipinski definition) is 5. The highest BCUT2D eigenvalue weighted by atomic mass is 32.2. The number of aromatic nitrogens is 1. The van der Waals surface area contributed by atoms with E-state index in [1.165, 1.54) is 0 Å². The molecule has 3 fully saturated rings. The molecule has 1 aromatic rings. The fourth-order valence-corrected chi connectivity index (χ4v) is 6.10. The Morgan fingerprint density at radius 2 is 1.96 bits per heavy atom. The lowest BCUT2D eigenvalue weighted by Crippen LogP contribution is -2.61. The van der Waals surface area contributed by atoms with Gasteiger partial charge in [-0.1, -0.05) is 12.5 Å². The van der Waals surface area contributed by atoms with Crippen LogP contribution in [0.3, 0.4) is 0 Å². The quantitative estimate of drug-likeness (QED) is 0.803. The average molecular weight is 349 g/mol. The van der Waals surface area contributed by atoms with E-state index in [0.717, 1.165) is 25.0 Å². The third-order valence-electron chi connectivity index (χ3n) is 5.62. The summed E-state index contributed by atoms with van der Waals surface area (Å²) in [6.45, 7) is 1.98. The molecule has 130 valence electrons. The van der Waals surface area contributed by atoms with Gasteiger partial charge in [-0.3, -0.25) is 14.7 Å². The minimum absolute atomic E-state index is 0.102. The summed E-state index contributed by atoms with van der Waals surface area (Å²) in [5.41, 5.74) is 0.944. The Kier molecular flexibility index (Phi) is 4.08. The topological polar surface area (TPSA) is 70.6 Å². The van der Waals surface area contributed by atoms with Crippen LogP contribution in [-0.2, 0) is 21.2 Å². The van der Waals surface area contributed by atoms with E-state index in [1.807, 2.05) is 23.1 Å². The van der Waals surface area contributed by atoms with Gasteiger partial charge in [-0.15, -0.1) is 0 Å². The zero-order valence-corrected chi connectivity index (χ0v) is 14.5. The highest BCUT2D eigenvalue weighted by molar-refractivity contribution is 7.91. The van der Waals surface area contributed by atoms with Gasteiger partial charge in [-0.2, -0.15) is 0 Å². The summed E-state index contributed by atoms with van der Waals surface area (Å²) >= 11 is 0. The van der Waals surface area contributed by atoms with Gasteiger partial charge in [-0.05, 0) is 25.0 Å². The van der Waals surface area contributed by atoms with Crippen molar-refractivity contribution in [2.75, 3.05) is 24.6 Å². The molecule has 1 amide bonds. The Hall–Kier alpha value is -1.47. The van der Waals surface area contributed by atoms with Crippen LogP contribution >= 0.6 is 0 Å². The highest BCUT2D eigenvalue weighted by Gasteiger charge is 2.49. The van der Waals surface area contributed by atoms with Gasteiger partial charge in [0, 0.05) is 37.8 Å². The molecule has 7 heteroatoms. The Balaban J connectivity index is 1.54. The smallest absolute Gasteiger partial charge is 0.226 e. The standard InChI is InChI=1S/C17H23N3O3S/c21-17(13-4-3-5-13)20-9-8-19(10-14-6-1-2-7-18-14)15-11-24(22,23)12-16(15)20/h1-2,6-7,13,15-16H,3-5,8-12H2/t15-,16+/m1/s1. The average Bonchev–Trinajstić information content (AvgIpc) is 2.82. The molecule has 2 saturated heterocycles. The summed E-state index contributed by atoms with van der Waals surface area (Å²) in [6.07, 6.45) is 4.78. The van der Waals surface area contributed by atoms with Crippen LogP contribution in [0.1, 0.15) is 25.0 Å². The third-order valence-corrected chi connectivity index (χ3v) is 7.32. The van der Waals surface area contributed by atoms with Gasteiger partial charge in [0.2, 0.25) is 5.91 Å². The number of rotatable bonds is 3. The van der Waals surface area contributed by atoms with E-state index in [4.69, 9.17) is 0 Å². The lowest BCUT2D eigenvalue weighted by Gasteiger charge is -2.45. The molecule has 3 heterocycles. The SMILES string of the molecule is O=C(C1CCC1)N1CCN(Cc2ccccn2)[C@@H]2CS(=O)(=O)C[C@@H]21. The largest absolute Gasteiger partial charge is 0.336 e. The molecule has 3 aliphatic rings. The van der Waals surface area contributed by atoms with Crippen molar-refractivity contribution in [3.63, 3.8) is 0 Å².